The number of ether oxygens (including phenoxy) is 1. The van der Waals surface area contributed by atoms with Crippen LogP contribution in [0.5, 0.6) is 5.88 Å². The molecule has 23 heavy (non-hydrogen) atoms. The molecule has 0 aliphatic rings. The molecule has 0 saturated carbocycles. The summed E-state index contributed by atoms with van der Waals surface area (Å²) in [6.45, 7) is 2.78. The largest absolute Gasteiger partial charge is 0.477 e. The van der Waals surface area contributed by atoms with E-state index in [-0.39, 0.29) is 0 Å². The van der Waals surface area contributed by atoms with Crippen molar-refractivity contribution in [1.29, 1.82) is 0 Å². The molecule has 0 saturated heterocycles. The molecule has 0 fully saturated rings. The SMILES string of the molecule is CCCCOc1ncccc1-c1nc(-c2ccccc2Cl)c[nH]1. The first-order valence-electron chi connectivity index (χ1n) is 7.68. The van der Waals surface area contributed by atoms with Crippen molar-refractivity contribution in [1.82, 2.24) is 15.0 Å². The fraction of sp³-hybridized carbons (Fsp3) is 0.222. The number of nitrogens with one attached hydrogen (secondary N) is 1. The maximum atomic E-state index is 6.24. The number of pyridine rings is 1. The van der Waals surface area contributed by atoms with Crippen LogP contribution in [0.2, 0.25) is 5.02 Å². The van der Waals surface area contributed by atoms with Gasteiger partial charge in [-0.2, -0.15) is 0 Å². The van der Waals surface area contributed by atoms with Crippen molar-refractivity contribution in [2.75, 3.05) is 6.61 Å². The van der Waals surface area contributed by atoms with Crippen molar-refractivity contribution in [3.05, 3.63) is 53.8 Å². The molecule has 2 aromatic heterocycles. The van der Waals surface area contributed by atoms with Gasteiger partial charge in [0.1, 0.15) is 5.82 Å². The topological polar surface area (TPSA) is 50.8 Å². The lowest BCUT2D eigenvalue weighted by atomic mass is 10.2. The third kappa shape index (κ3) is 3.54. The Labute approximate surface area is 140 Å². The molecule has 0 radical (unpaired) electrons. The molecule has 1 N–H and O–H groups in total. The number of H-pyrrole nitrogens is 1. The number of hydrogen-bond acceptors (Lipinski definition) is 3. The Balaban J connectivity index is 1.90. The smallest absolute Gasteiger partial charge is 0.224 e. The van der Waals surface area contributed by atoms with Gasteiger partial charge in [-0.1, -0.05) is 43.1 Å². The quantitative estimate of drug-likeness (QED) is 0.650. The van der Waals surface area contributed by atoms with Gasteiger partial charge in [-0.15, -0.1) is 0 Å². The highest BCUT2D eigenvalue weighted by Crippen LogP contribution is 2.30. The van der Waals surface area contributed by atoms with E-state index in [4.69, 9.17) is 16.3 Å². The number of halogens is 1. The van der Waals surface area contributed by atoms with Crippen molar-refractivity contribution < 1.29 is 4.74 Å². The Bertz CT molecular complexity index is 785. The molecule has 0 aliphatic heterocycles. The fourth-order valence-electron chi connectivity index (χ4n) is 2.27. The molecule has 0 atom stereocenters. The number of hydrogen-bond donors (Lipinski definition) is 1. The second-order valence-electron chi connectivity index (χ2n) is 5.17. The van der Waals surface area contributed by atoms with Crippen LogP contribution in [0, 0.1) is 0 Å². The molecule has 118 valence electrons. The van der Waals surface area contributed by atoms with Gasteiger partial charge in [0.2, 0.25) is 5.88 Å². The van der Waals surface area contributed by atoms with E-state index >= 15 is 0 Å². The molecule has 0 bridgehead atoms. The number of aromatic amines is 1. The third-order valence-corrected chi connectivity index (χ3v) is 3.82. The van der Waals surface area contributed by atoms with Gasteiger partial charge in [-0.05, 0) is 24.6 Å². The Kier molecular flexibility index (Phi) is 4.93. The van der Waals surface area contributed by atoms with Gasteiger partial charge in [-0.25, -0.2) is 9.97 Å². The predicted octanol–water partition coefficient (Wildman–Crippen LogP) is 4.97. The number of aromatic nitrogens is 3. The third-order valence-electron chi connectivity index (χ3n) is 3.49. The molecule has 0 unspecified atom stereocenters. The summed E-state index contributed by atoms with van der Waals surface area (Å²) in [5, 5.41) is 0.677. The molecule has 0 spiro atoms. The van der Waals surface area contributed by atoms with E-state index in [0.29, 0.717) is 17.5 Å². The standard InChI is InChI=1S/C18H18ClN3O/c1-2-3-11-23-18-14(8-6-10-20-18)17-21-12-16(22-17)13-7-4-5-9-15(13)19/h4-10,12H,2-3,11H2,1H3,(H,21,22). The summed E-state index contributed by atoms with van der Waals surface area (Å²) in [6.07, 6.45) is 5.65. The second-order valence-corrected chi connectivity index (χ2v) is 5.58. The lowest BCUT2D eigenvalue weighted by Gasteiger charge is -2.07. The maximum Gasteiger partial charge on any atom is 0.224 e. The predicted molar refractivity (Wildman–Crippen MR) is 92.7 cm³/mol. The average molecular weight is 328 g/mol. The summed E-state index contributed by atoms with van der Waals surface area (Å²) in [4.78, 5) is 12.1. The van der Waals surface area contributed by atoms with E-state index < -0.39 is 0 Å². The summed E-state index contributed by atoms with van der Waals surface area (Å²) in [5.74, 6) is 1.32. The van der Waals surface area contributed by atoms with Crippen molar-refractivity contribution in [2.24, 2.45) is 0 Å². The van der Waals surface area contributed by atoms with Crippen LogP contribution in [0.25, 0.3) is 22.6 Å². The molecule has 0 amide bonds. The van der Waals surface area contributed by atoms with Gasteiger partial charge in [0.05, 0.1) is 22.9 Å². The average Bonchev–Trinajstić information content (AvgIpc) is 3.05. The maximum absolute atomic E-state index is 6.24. The number of benzene rings is 1. The normalized spacial score (nSPS) is 10.7. The van der Waals surface area contributed by atoms with Gasteiger partial charge in [0.25, 0.3) is 0 Å². The van der Waals surface area contributed by atoms with Crippen LogP contribution in [0.1, 0.15) is 19.8 Å². The molecule has 5 heteroatoms. The Morgan fingerprint density at radius 2 is 1.96 bits per heavy atom. The monoisotopic (exact) mass is 327 g/mol. The van der Waals surface area contributed by atoms with E-state index in [0.717, 1.165) is 35.5 Å². The zero-order chi connectivity index (χ0) is 16.1. The summed E-state index contributed by atoms with van der Waals surface area (Å²) in [6, 6.07) is 11.5. The molecule has 3 rings (SSSR count). The first-order chi connectivity index (χ1) is 11.3. The number of rotatable bonds is 6. The number of nitrogens with zero attached hydrogens (tertiary/aromatic N) is 2. The van der Waals surface area contributed by atoms with Gasteiger partial charge in [0, 0.05) is 18.0 Å². The highest BCUT2D eigenvalue weighted by atomic mass is 35.5. The first kappa shape index (κ1) is 15.6. The molecule has 1 aromatic carbocycles. The highest BCUT2D eigenvalue weighted by molar-refractivity contribution is 6.33. The highest BCUT2D eigenvalue weighted by Gasteiger charge is 2.13. The van der Waals surface area contributed by atoms with Gasteiger partial charge in [0.15, 0.2) is 0 Å². The van der Waals surface area contributed by atoms with Crippen LogP contribution in [-0.2, 0) is 0 Å². The molecule has 2 heterocycles. The van der Waals surface area contributed by atoms with Crippen LogP contribution >= 0.6 is 11.6 Å². The van der Waals surface area contributed by atoms with Gasteiger partial charge >= 0.3 is 0 Å². The Hall–Kier alpha value is -2.33. The minimum atomic E-state index is 0.598. The minimum Gasteiger partial charge on any atom is -0.477 e. The second kappa shape index (κ2) is 7.29. The number of imidazole rings is 1. The minimum absolute atomic E-state index is 0.598. The van der Waals surface area contributed by atoms with Crippen molar-refractivity contribution in [3.63, 3.8) is 0 Å². The van der Waals surface area contributed by atoms with E-state index in [1.165, 1.54) is 0 Å². The lowest BCUT2D eigenvalue weighted by molar-refractivity contribution is 0.299. The van der Waals surface area contributed by atoms with Crippen molar-refractivity contribution >= 4 is 11.6 Å². The summed E-state index contributed by atoms with van der Waals surface area (Å²) < 4.78 is 5.77. The number of unbranched alkanes of at least 4 members (excludes halogenated alkanes) is 1. The lowest BCUT2D eigenvalue weighted by Crippen LogP contribution is -2.00. The molecule has 0 aliphatic carbocycles. The summed E-state index contributed by atoms with van der Waals surface area (Å²) in [5.41, 5.74) is 2.55. The van der Waals surface area contributed by atoms with Crippen LogP contribution in [-0.4, -0.2) is 21.6 Å². The molecular weight excluding hydrogens is 310 g/mol. The van der Waals surface area contributed by atoms with E-state index in [2.05, 4.69) is 21.9 Å². The van der Waals surface area contributed by atoms with E-state index in [9.17, 15) is 0 Å². The molecule has 4 nitrogen and oxygen atoms in total. The van der Waals surface area contributed by atoms with Gasteiger partial charge in [-0.3, -0.25) is 0 Å². The van der Waals surface area contributed by atoms with Crippen LogP contribution < -0.4 is 4.74 Å². The molecule has 3 aromatic rings. The summed E-state index contributed by atoms with van der Waals surface area (Å²) >= 11 is 6.24. The van der Waals surface area contributed by atoms with Crippen molar-refractivity contribution in [2.45, 2.75) is 19.8 Å². The summed E-state index contributed by atoms with van der Waals surface area (Å²) in [7, 11) is 0. The van der Waals surface area contributed by atoms with E-state index in [1.807, 2.05) is 42.6 Å². The van der Waals surface area contributed by atoms with Crippen LogP contribution in [0.15, 0.2) is 48.8 Å². The van der Waals surface area contributed by atoms with Gasteiger partial charge < -0.3 is 9.72 Å². The van der Waals surface area contributed by atoms with Crippen molar-refractivity contribution in [3.8, 4) is 28.5 Å². The zero-order valence-corrected chi connectivity index (χ0v) is 13.7. The fourth-order valence-corrected chi connectivity index (χ4v) is 2.50. The van der Waals surface area contributed by atoms with Crippen LogP contribution in [0.3, 0.4) is 0 Å². The Morgan fingerprint density at radius 3 is 2.78 bits per heavy atom. The van der Waals surface area contributed by atoms with Crippen LogP contribution in [0.4, 0.5) is 0 Å². The zero-order valence-electron chi connectivity index (χ0n) is 12.9. The Morgan fingerprint density at radius 1 is 1.13 bits per heavy atom. The van der Waals surface area contributed by atoms with E-state index in [1.54, 1.807) is 6.20 Å². The first-order valence-corrected chi connectivity index (χ1v) is 8.06. The molecular formula is C18H18ClN3O.